The predicted molar refractivity (Wildman–Crippen MR) is 55.4 cm³/mol. The van der Waals surface area contributed by atoms with E-state index < -0.39 is 0 Å². The second-order valence-corrected chi connectivity index (χ2v) is 3.10. The van der Waals surface area contributed by atoms with Crippen LogP contribution < -0.4 is 10.5 Å². The molecular formula is C10H11N3O2. The van der Waals surface area contributed by atoms with Crippen molar-refractivity contribution in [1.82, 2.24) is 10.1 Å². The summed E-state index contributed by atoms with van der Waals surface area (Å²) in [6.07, 6.45) is 0. The molecule has 0 saturated heterocycles. The smallest absolute Gasteiger partial charge is 0.260 e. The number of hydrogen-bond donors (Lipinski definition) is 1. The normalized spacial score (nSPS) is 10.3. The Hall–Kier alpha value is -2.04. The van der Waals surface area contributed by atoms with Crippen molar-refractivity contribution in [2.24, 2.45) is 0 Å². The van der Waals surface area contributed by atoms with Crippen molar-refractivity contribution in [3.8, 4) is 17.2 Å². The quantitative estimate of drug-likeness (QED) is 0.754. The zero-order chi connectivity index (χ0) is 10.8. The maximum atomic E-state index is 5.80. The molecule has 1 heterocycles. The first-order valence-electron chi connectivity index (χ1n) is 4.45. The summed E-state index contributed by atoms with van der Waals surface area (Å²) in [4.78, 5) is 4.10. The largest absolute Gasteiger partial charge is 0.497 e. The molecule has 0 fully saturated rings. The van der Waals surface area contributed by atoms with E-state index in [0.717, 1.165) is 0 Å². The summed E-state index contributed by atoms with van der Waals surface area (Å²) in [5.74, 6) is 1.69. The molecule has 2 aromatic rings. The summed E-state index contributed by atoms with van der Waals surface area (Å²) < 4.78 is 10.1. The number of anilines is 1. The van der Waals surface area contributed by atoms with Crippen molar-refractivity contribution < 1.29 is 9.26 Å². The number of aryl methyl sites for hydroxylation is 1. The molecule has 0 aliphatic rings. The fourth-order valence-electron chi connectivity index (χ4n) is 1.25. The van der Waals surface area contributed by atoms with Crippen molar-refractivity contribution >= 4 is 5.69 Å². The van der Waals surface area contributed by atoms with Crippen molar-refractivity contribution in [2.45, 2.75) is 6.92 Å². The molecule has 1 aromatic carbocycles. The van der Waals surface area contributed by atoms with Gasteiger partial charge in [-0.3, -0.25) is 0 Å². The van der Waals surface area contributed by atoms with E-state index in [1.54, 1.807) is 32.2 Å². The number of aromatic nitrogens is 2. The zero-order valence-electron chi connectivity index (χ0n) is 8.52. The first-order chi connectivity index (χ1) is 7.20. The highest BCUT2D eigenvalue weighted by Gasteiger charge is 2.10. The number of nitrogen functional groups attached to an aromatic ring is 1. The summed E-state index contributed by atoms with van der Waals surface area (Å²) in [5, 5.41) is 3.71. The minimum Gasteiger partial charge on any atom is -0.497 e. The van der Waals surface area contributed by atoms with Crippen molar-refractivity contribution in [3.05, 3.63) is 24.0 Å². The standard InChI is InChI=1S/C10H11N3O2/c1-6-12-10(15-13-6)8-5-7(14-2)3-4-9(8)11/h3-5H,11H2,1-2H3. The fourth-order valence-corrected chi connectivity index (χ4v) is 1.25. The molecule has 0 spiro atoms. The van der Waals surface area contributed by atoms with Crippen LogP contribution in [0.2, 0.25) is 0 Å². The van der Waals surface area contributed by atoms with Crippen molar-refractivity contribution in [3.63, 3.8) is 0 Å². The number of methoxy groups -OCH3 is 1. The van der Waals surface area contributed by atoms with Crippen LogP contribution in [-0.2, 0) is 0 Å². The van der Waals surface area contributed by atoms with E-state index in [1.165, 1.54) is 0 Å². The van der Waals surface area contributed by atoms with Gasteiger partial charge in [0, 0.05) is 5.69 Å². The third kappa shape index (κ3) is 1.76. The number of nitrogens with two attached hydrogens (primary N) is 1. The Labute approximate surface area is 86.9 Å². The summed E-state index contributed by atoms with van der Waals surface area (Å²) in [6, 6.07) is 5.29. The second-order valence-electron chi connectivity index (χ2n) is 3.10. The lowest BCUT2D eigenvalue weighted by Crippen LogP contribution is -1.92. The lowest BCUT2D eigenvalue weighted by Gasteiger charge is -2.03. The van der Waals surface area contributed by atoms with Crippen LogP contribution in [0.3, 0.4) is 0 Å². The molecule has 15 heavy (non-hydrogen) atoms. The first kappa shape index (κ1) is 9.51. The minimum absolute atomic E-state index is 0.406. The lowest BCUT2D eigenvalue weighted by atomic mass is 10.1. The molecule has 78 valence electrons. The van der Waals surface area contributed by atoms with Crippen LogP contribution in [0.5, 0.6) is 5.75 Å². The highest BCUT2D eigenvalue weighted by molar-refractivity contribution is 5.71. The fraction of sp³-hybridized carbons (Fsp3) is 0.200. The molecule has 0 aliphatic heterocycles. The number of benzene rings is 1. The van der Waals surface area contributed by atoms with Crippen LogP contribution in [-0.4, -0.2) is 17.3 Å². The van der Waals surface area contributed by atoms with Gasteiger partial charge in [-0.1, -0.05) is 5.16 Å². The summed E-state index contributed by atoms with van der Waals surface area (Å²) in [6.45, 7) is 1.75. The molecule has 0 saturated carbocycles. The van der Waals surface area contributed by atoms with Gasteiger partial charge in [0.15, 0.2) is 5.82 Å². The minimum atomic E-state index is 0.406. The average Bonchev–Trinajstić information content (AvgIpc) is 2.65. The van der Waals surface area contributed by atoms with E-state index in [4.69, 9.17) is 15.0 Å². The van der Waals surface area contributed by atoms with Gasteiger partial charge in [0.05, 0.1) is 12.7 Å². The van der Waals surface area contributed by atoms with Crippen molar-refractivity contribution in [2.75, 3.05) is 12.8 Å². The second kappa shape index (κ2) is 3.61. The molecule has 0 atom stereocenters. The van der Waals surface area contributed by atoms with E-state index >= 15 is 0 Å². The van der Waals surface area contributed by atoms with Gasteiger partial charge in [-0.25, -0.2) is 0 Å². The van der Waals surface area contributed by atoms with Gasteiger partial charge < -0.3 is 15.0 Å². The Kier molecular flexibility index (Phi) is 2.29. The van der Waals surface area contributed by atoms with Gasteiger partial charge >= 0.3 is 0 Å². The Morgan fingerprint density at radius 3 is 2.80 bits per heavy atom. The highest BCUT2D eigenvalue weighted by Crippen LogP contribution is 2.28. The van der Waals surface area contributed by atoms with Crippen LogP contribution in [0.1, 0.15) is 5.82 Å². The predicted octanol–water partition coefficient (Wildman–Crippen LogP) is 1.64. The highest BCUT2D eigenvalue weighted by atomic mass is 16.5. The van der Waals surface area contributed by atoms with E-state index in [-0.39, 0.29) is 0 Å². The summed E-state index contributed by atoms with van der Waals surface area (Å²) >= 11 is 0. The van der Waals surface area contributed by atoms with Gasteiger partial charge in [0.2, 0.25) is 0 Å². The van der Waals surface area contributed by atoms with Crippen LogP contribution in [0.25, 0.3) is 11.5 Å². The molecular weight excluding hydrogens is 194 g/mol. The maximum absolute atomic E-state index is 5.80. The topological polar surface area (TPSA) is 74.2 Å². The number of ether oxygens (including phenoxy) is 1. The third-order valence-electron chi connectivity index (χ3n) is 2.02. The van der Waals surface area contributed by atoms with Crippen LogP contribution in [0.15, 0.2) is 22.7 Å². The summed E-state index contributed by atoms with van der Waals surface area (Å²) in [5.41, 5.74) is 7.07. The van der Waals surface area contributed by atoms with Gasteiger partial charge in [0.1, 0.15) is 5.75 Å². The van der Waals surface area contributed by atoms with Crippen LogP contribution in [0.4, 0.5) is 5.69 Å². The molecule has 0 unspecified atom stereocenters. The third-order valence-corrected chi connectivity index (χ3v) is 2.02. The number of hydrogen-bond acceptors (Lipinski definition) is 5. The molecule has 1 aromatic heterocycles. The Morgan fingerprint density at radius 2 is 2.20 bits per heavy atom. The zero-order valence-corrected chi connectivity index (χ0v) is 8.52. The summed E-state index contributed by atoms with van der Waals surface area (Å²) in [7, 11) is 1.59. The molecule has 0 amide bonds. The first-order valence-corrected chi connectivity index (χ1v) is 4.45. The van der Waals surface area contributed by atoms with Gasteiger partial charge in [-0.2, -0.15) is 4.98 Å². The van der Waals surface area contributed by atoms with Gasteiger partial charge in [-0.05, 0) is 25.1 Å². The molecule has 2 N–H and O–H groups in total. The lowest BCUT2D eigenvalue weighted by molar-refractivity contribution is 0.412. The molecule has 0 bridgehead atoms. The SMILES string of the molecule is COc1ccc(N)c(-c2nc(C)no2)c1. The van der Waals surface area contributed by atoms with Gasteiger partial charge in [0.25, 0.3) is 5.89 Å². The van der Waals surface area contributed by atoms with Crippen LogP contribution in [0, 0.1) is 6.92 Å². The molecule has 5 heteroatoms. The Balaban J connectivity index is 2.51. The van der Waals surface area contributed by atoms with E-state index in [1.807, 2.05) is 0 Å². The monoisotopic (exact) mass is 205 g/mol. The van der Waals surface area contributed by atoms with E-state index in [2.05, 4.69) is 10.1 Å². The van der Waals surface area contributed by atoms with E-state index in [0.29, 0.717) is 28.7 Å². The Morgan fingerprint density at radius 1 is 1.40 bits per heavy atom. The number of nitrogens with zero attached hydrogens (tertiary/aromatic N) is 2. The molecule has 0 aliphatic carbocycles. The molecule has 0 radical (unpaired) electrons. The molecule has 2 rings (SSSR count). The average molecular weight is 205 g/mol. The Bertz CT molecular complexity index is 479. The van der Waals surface area contributed by atoms with Crippen LogP contribution >= 0.6 is 0 Å². The number of rotatable bonds is 2. The van der Waals surface area contributed by atoms with Crippen molar-refractivity contribution in [1.29, 1.82) is 0 Å². The van der Waals surface area contributed by atoms with Gasteiger partial charge in [-0.15, -0.1) is 0 Å². The van der Waals surface area contributed by atoms with E-state index in [9.17, 15) is 0 Å². The molecule has 5 nitrogen and oxygen atoms in total. The maximum Gasteiger partial charge on any atom is 0.260 e.